The van der Waals surface area contributed by atoms with Crippen molar-refractivity contribution in [1.29, 1.82) is 0 Å². The molecule has 0 bridgehead atoms. The molecule has 1 amide bonds. The number of hydrogen-bond donors (Lipinski definition) is 2. The van der Waals surface area contributed by atoms with Gasteiger partial charge in [0.2, 0.25) is 5.91 Å². The lowest BCUT2D eigenvalue weighted by Gasteiger charge is -2.20. The molecule has 0 spiro atoms. The Labute approximate surface area is 97.0 Å². The number of carbonyl (C=O) groups is 1. The fourth-order valence-electron chi connectivity index (χ4n) is 1.37. The van der Waals surface area contributed by atoms with Crippen LogP contribution in [0, 0.1) is 0 Å². The number of nitrogens with one attached hydrogen (secondary N) is 1. The van der Waals surface area contributed by atoms with E-state index < -0.39 is 5.54 Å². The Morgan fingerprint density at radius 3 is 2.44 bits per heavy atom. The van der Waals surface area contributed by atoms with E-state index in [0.717, 1.165) is 0 Å². The molecular weight excluding hydrogens is 200 g/mol. The second-order valence-corrected chi connectivity index (χ2v) is 4.74. The zero-order chi connectivity index (χ0) is 12.2. The van der Waals surface area contributed by atoms with Crippen LogP contribution in [0.1, 0.15) is 32.3 Å². The van der Waals surface area contributed by atoms with E-state index in [1.54, 1.807) is 13.8 Å². The molecule has 88 valence electrons. The molecule has 0 aliphatic heterocycles. The van der Waals surface area contributed by atoms with Crippen molar-refractivity contribution in [2.24, 2.45) is 5.73 Å². The average Bonchev–Trinajstić information content (AvgIpc) is 2.25. The molecule has 1 aromatic carbocycles. The highest BCUT2D eigenvalue weighted by Crippen LogP contribution is 2.13. The van der Waals surface area contributed by atoms with Crippen molar-refractivity contribution in [1.82, 2.24) is 5.32 Å². The first-order valence-corrected chi connectivity index (χ1v) is 5.53. The number of rotatable bonds is 4. The fraction of sp³-hybridized carbons (Fsp3) is 0.462. The Kier molecular flexibility index (Phi) is 4.07. The van der Waals surface area contributed by atoms with Crippen LogP contribution in [-0.4, -0.2) is 18.0 Å². The molecular formula is C13H20N2O. The van der Waals surface area contributed by atoms with Crippen molar-refractivity contribution in [3.8, 4) is 0 Å². The van der Waals surface area contributed by atoms with Crippen molar-refractivity contribution in [3.63, 3.8) is 0 Å². The Morgan fingerprint density at radius 2 is 1.94 bits per heavy atom. The third-order valence-electron chi connectivity index (χ3n) is 2.52. The van der Waals surface area contributed by atoms with E-state index in [2.05, 4.69) is 24.4 Å². The van der Waals surface area contributed by atoms with Gasteiger partial charge in [0.15, 0.2) is 0 Å². The molecule has 0 heterocycles. The van der Waals surface area contributed by atoms with Gasteiger partial charge in [-0.25, -0.2) is 0 Å². The maximum Gasteiger partial charge on any atom is 0.239 e. The minimum absolute atomic E-state index is 0.115. The summed E-state index contributed by atoms with van der Waals surface area (Å²) in [4.78, 5) is 11.6. The van der Waals surface area contributed by atoms with Crippen molar-refractivity contribution in [3.05, 3.63) is 35.9 Å². The van der Waals surface area contributed by atoms with E-state index in [9.17, 15) is 4.79 Å². The van der Waals surface area contributed by atoms with Gasteiger partial charge in [0, 0.05) is 6.54 Å². The first-order chi connectivity index (χ1) is 7.41. The minimum atomic E-state index is -0.809. The summed E-state index contributed by atoms with van der Waals surface area (Å²) < 4.78 is 0. The number of benzene rings is 1. The number of carbonyl (C=O) groups excluding carboxylic acids is 1. The Balaban J connectivity index is 2.48. The highest BCUT2D eigenvalue weighted by atomic mass is 16.2. The molecule has 0 saturated carbocycles. The van der Waals surface area contributed by atoms with E-state index >= 15 is 0 Å². The molecule has 1 unspecified atom stereocenters. The Bertz CT molecular complexity index is 341. The standard InChI is InChI=1S/C13H20N2O/c1-10(11-7-5-4-6-8-11)9-15-12(16)13(2,3)14/h4-8,10H,9,14H2,1-3H3,(H,15,16). The van der Waals surface area contributed by atoms with Crippen molar-refractivity contribution >= 4 is 5.91 Å². The number of nitrogens with two attached hydrogens (primary N) is 1. The molecule has 3 N–H and O–H groups in total. The Hall–Kier alpha value is -1.35. The van der Waals surface area contributed by atoms with Crippen molar-refractivity contribution in [2.45, 2.75) is 32.2 Å². The molecule has 0 aliphatic carbocycles. The highest BCUT2D eigenvalue weighted by Gasteiger charge is 2.21. The molecule has 3 heteroatoms. The lowest BCUT2D eigenvalue weighted by molar-refractivity contribution is -0.125. The van der Waals surface area contributed by atoms with E-state index in [1.165, 1.54) is 5.56 Å². The summed E-state index contributed by atoms with van der Waals surface area (Å²) in [7, 11) is 0. The maximum atomic E-state index is 11.6. The van der Waals surface area contributed by atoms with Crippen LogP contribution in [0.15, 0.2) is 30.3 Å². The molecule has 1 aromatic rings. The first kappa shape index (κ1) is 12.7. The summed E-state index contributed by atoms with van der Waals surface area (Å²) in [6.07, 6.45) is 0. The molecule has 0 fully saturated rings. The summed E-state index contributed by atoms with van der Waals surface area (Å²) in [6, 6.07) is 10.1. The molecule has 0 radical (unpaired) electrons. The molecule has 0 saturated heterocycles. The van der Waals surface area contributed by atoms with Crippen LogP contribution in [-0.2, 0) is 4.79 Å². The van der Waals surface area contributed by atoms with E-state index in [-0.39, 0.29) is 5.91 Å². The van der Waals surface area contributed by atoms with Crippen LogP contribution in [0.5, 0.6) is 0 Å². The fourth-order valence-corrected chi connectivity index (χ4v) is 1.37. The summed E-state index contributed by atoms with van der Waals surface area (Å²) >= 11 is 0. The molecule has 0 aliphatic rings. The monoisotopic (exact) mass is 220 g/mol. The van der Waals surface area contributed by atoms with Gasteiger partial charge in [-0.2, -0.15) is 0 Å². The topological polar surface area (TPSA) is 55.1 Å². The summed E-state index contributed by atoms with van der Waals surface area (Å²) in [5, 5.41) is 2.86. The van der Waals surface area contributed by atoms with Gasteiger partial charge in [-0.1, -0.05) is 37.3 Å². The largest absolute Gasteiger partial charge is 0.354 e. The predicted octanol–water partition coefficient (Wildman–Crippen LogP) is 1.64. The Morgan fingerprint density at radius 1 is 1.38 bits per heavy atom. The summed E-state index contributed by atoms with van der Waals surface area (Å²) in [5.74, 6) is 0.183. The second-order valence-electron chi connectivity index (χ2n) is 4.74. The third-order valence-corrected chi connectivity index (χ3v) is 2.52. The van der Waals surface area contributed by atoms with Gasteiger partial charge in [0.1, 0.15) is 0 Å². The van der Waals surface area contributed by atoms with Gasteiger partial charge >= 0.3 is 0 Å². The van der Waals surface area contributed by atoms with E-state index in [0.29, 0.717) is 12.5 Å². The zero-order valence-corrected chi connectivity index (χ0v) is 10.2. The normalized spacial score (nSPS) is 13.2. The van der Waals surface area contributed by atoms with E-state index in [1.807, 2.05) is 18.2 Å². The molecule has 1 rings (SSSR count). The van der Waals surface area contributed by atoms with Crippen LogP contribution >= 0.6 is 0 Å². The second kappa shape index (κ2) is 5.12. The van der Waals surface area contributed by atoms with Crippen molar-refractivity contribution < 1.29 is 4.79 Å². The van der Waals surface area contributed by atoms with Gasteiger partial charge in [-0.05, 0) is 25.3 Å². The minimum Gasteiger partial charge on any atom is -0.354 e. The maximum absolute atomic E-state index is 11.6. The van der Waals surface area contributed by atoms with Crippen LogP contribution in [0.2, 0.25) is 0 Å². The van der Waals surface area contributed by atoms with E-state index in [4.69, 9.17) is 5.73 Å². The highest BCUT2D eigenvalue weighted by molar-refractivity contribution is 5.85. The van der Waals surface area contributed by atoms with Crippen LogP contribution < -0.4 is 11.1 Å². The first-order valence-electron chi connectivity index (χ1n) is 5.53. The quantitative estimate of drug-likeness (QED) is 0.810. The molecule has 1 atom stereocenters. The van der Waals surface area contributed by atoms with Crippen LogP contribution in [0.3, 0.4) is 0 Å². The summed E-state index contributed by atoms with van der Waals surface area (Å²) in [5.41, 5.74) is 6.10. The average molecular weight is 220 g/mol. The number of hydrogen-bond acceptors (Lipinski definition) is 2. The van der Waals surface area contributed by atoms with Gasteiger partial charge in [-0.15, -0.1) is 0 Å². The van der Waals surface area contributed by atoms with Crippen LogP contribution in [0.4, 0.5) is 0 Å². The predicted molar refractivity (Wildman–Crippen MR) is 66.1 cm³/mol. The molecule has 16 heavy (non-hydrogen) atoms. The van der Waals surface area contributed by atoms with Gasteiger partial charge < -0.3 is 11.1 Å². The van der Waals surface area contributed by atoms with Gasteiger partial charge in [-0.3, -0.25) is 4.79 Å². The lowest BCUT2D eigenvalue weighted by atomic mass is 10.0. The zero-order valence-electron chi connectivity index (χ0n) is 10.2. The molecule has 0 aromatic heterocycles. The number of amides is 1. The van der Waals surface area contributed by atoms with Crippen LogP contribution in [0.25, 0.3) is 0 Å². The third kappa shape index (κ3) is 3.66. The lowest BCUT2D eigenvalue weighted by Crippen LogP contribution is -2.49. The van der Waals surface area contributed by atoms with Crippen molar-refractivity contribution in [2.75, 3.05) is 6.54 Å². The smallest absolute Gasteiger partial charge is 0.239 e. The van der Waals surface area contributed by atoms with Gasteiger partial charge in [0.25, 0.3) is 0 Å². The van der Waals surface area contributed by atoms with Gasteiger partial charge in [0.05, 0.1) is 5.54 Å². The summed E-state index contributed by atoms with van der Waals surface area (Å²) in [6.45, 7) is 6.10. The SMILES string of the molecule is CC(CNC(=O)C(C)(C)N)c1ccccc1. The molecule has 3 nitrogen and oxygen atoms in total.